The molecule has 0 aliphatic carbocycles. The Morgan fingerprint density at radius 3 is 3.00 bits per heavy atom. The van der Waals surface area contributed by atoms with Crippen LogP contribution in [0.5, 0.6) is 0 Å². The van der Waals surface area contributed by atoms with Crippen molar-refractivity contribution in [2.45, 2.75) is 13.5 Å². The van der Waals surface area contributed by atoms with Crippen molar-refractivity contribution in [1.29, 1.82) is 0 Å². The van der Waals surface area contributed by atoms with Crippen molar-refractivity contribution in [3.05, 3.63) is 50.1 Å². The zero-order chi connectivity index (χ0) is 11.8. The fraction of sp³-hybridized carbons (Fsp3) is 0.167. The van der Waals surface area contributed by atoms with Gasteiger partial charge in [-0.05, 0) is 24.4 Å². The first-order chi connectivity index (χ1) is 8.24. The molecule has 0 atom stereocenters. The van der Waals surface area contributed by atoms with Crippen LogP contribution in [0.2, 0.25) is 0 Å². The molecule has 86 valence electrons. The Bertz CT molecular complexity index is 723. The van der Waals surface area contributed by atoms with E-state index in [1.54, 1.807) is 27.2 Å². The molecule has 0 radical (unpaired) electrons. The van der Waals surface area contributed by atoms with Crippen molar-refractivity contribution in [2.24, 2.45) is 0 Å². The SMILES string of the molecule is Cc1nc(Cn2ccc3sccc3c2=O)cs1. The summed E-state index contributed by atoms with van der Waals surface area (Å²) in [5.41, 5.74) is 1.01. The summed E-state index contributed by atoms with van der Waals surface area (Å²) in [5, 5.41) is 5.78. The first-order valence-corrected chi connectivity index (χ1v) is 6.97. The predicted molar refractivity (Wildman–Crippen MR) is 72.0 cm³/mol. The van der Waals surface area contributed by atoms with Gasteiger partial charge in [-0.2, -0.15) is 0 Å². The predicted octanol–water partition coefficient (Wildman–Crippen LogP) is 2.88. The maximum absolute atomic E-state index is 12.1. The standard InChI is InChI=1S/C12H10N2OS2/c1-8-13-9(7-17-8)6-14-4-2-11-10(12(14)15)3-5-16-11/h2-5,7H,6H2,1H3. The zero-order valence-electron chi connectivity index (χ0n) is 9.21. The van der Waals surface area contributed by atoms with Crippen molar-refractivity contribution in [3.63, 3.8) is 0 Å². The Labute approximate surface area is 106 Å². The van der Waals surface area contributed by atoms with Gasteiger partial charge >= 0.3 is 0 Å². The van der Waals surface area contributed by atoms with Gasteiger partial charge in [0.05, 0.1) is 22.6 Å². The number of thiophene rings is 1. The van der Waals surface area contributed by atoms with Crippen LogP contribution in [0.1, 0.15) is 10.7 Å². The number of aromatic nitrogens is 2. The largest absolute Gasteiger partial charge is 0.309 e. The van der Waals surface area contributed by atoms with Crippen LogP contribution in [-0.4, -0.2) is 9.55 Å². The van der Waals surface area contributed by atoms with Crippen molar-refractivity contribution in [2.75, 3.05) is 0 Å². The highest BCUT2D eigenvalue weighted by atomic mass is 32.1. The van der Waals surface area contributed by atoms with Gasteiger partial charge in [-0.3, -0.25) is 4.79 Å². The van der Waals surface area contributed by atoms with E-state index in [1.807, 2.05) is 36.0 Å². The van der Waals surface area contributed by atoms with Crippen LogP contribution in [0.25, 0.3) is 10.1 Å². The third kappa shape index (κ3) is 1.92. The van der Waals surface area contributed by atoms with Crippen LogP contribution in [0, 0.1) is 6.92 Å². The molecule has 0 bridgehead atoms. The van der Waals surface area contributed by atoms with Crippen LogP contribution < -0.4 is 5.56 Å². The molecule has 17 heavy (non-hydrogen) atoms. The molecular weight excluding hydrogens is 252 g/mol. The van der Waals surface area contributed by atoms with Gasteiger partial charge < -0.3 is 4.57 Å². The quantitative estimate of drug-likeness (QED) is 0.712. The minimum Gasteiger partial charge on any atom is -0.309 e. The minimum absolute atomic E-state index is 0.0643. The molecule has 0 aliphatic heterocycles. The zero-order valence-corrected chi connectivity index (χ0v) is 10.8. The van der Waals surface area contributed by atoms with E-state index in [0.29, 0.717) is 6.54 Å². The second-order valence-corrected chi connectivity index (χ2v) is 5.82. The number of fused-ring (bicyclic) bond motifs is 1. The molecule has 0 fully saturated rings. The number of thiazole rings is 1. The summed E-state index contributed by atoms with van der Waals surface area (Å²) < 4.78 is 2.75. The van der Waals surface area contributed by atoms with E-state index in [1.165, 1.54) is 0 Å². The van der Waals surface area contributed by atoms with Gasteiger partial charge in [0.2, 0.25) is 0 Å². The molecule has 0 aromatic carbocycles. The van der Waals surface area contributed by atoms with Gasteiger partial charge in [0.1, 0.15) is 0 Å². The lowest BCUT2D eigenvalue weighted by atomic mass is 10.3. The van der Waals surface area contributed by atoms with E-state index in [0.717, 1.165) is 20.8 Å². The number of nitrogens with zero attached hydrogens (tertiary/aromatic N) is 2. The van der Waals surface area contributed by atoms with Crippen LogP contribution in [0.4, 0.5) is 0 Å². The molecule has 0 amide bonds. The molecule has 3 aromatic heterocycles. The molecule has 3 heterocycles. The summed E-state index contributed by atoms with van der Waals surface area (Å²) in [4.78, 5) is 16.5. The molecule has 0 saturated carbocycles. The fourth-order valence-electron chi connectivity index (χ4n) is 1.79. The van der Waals surface area contributed by atoms with E-state index in [9.17, 15) is 4.79 Å². The summed E-state index contributed by atoms with van der Waals surface area (Å²) in [7, 11) is 0. The van der Waals surface area contributed by atoms with Crippen LogP contribution >= 0.6 is 22.7 Å². The topological polar surface area (TPSA) is 34.9 Å². The molecule has 3 nitrogen and oxygen atoms in total. The van der Waals surface area contributed by atoms with E-state index in [2.05, 4.69) is 4.98 Å². The molecule has 0 aliphatic rings. The molecule has 0 N–H and O–H groups in total. The number of rotatable bonds is 2. The Balaban J connectivity index is 2.06. The highest BCUT2D eigenvalue weighted by Gasteiger charge is 2.05. The number of aryl methyl sites for hydroxylation is 1. The lowest BCUT2D eigenvalue weighted by Crippen LogP contribution is -2.19. The number of hydrogen-bond acceptors (Lipinski definition) is 4. The lowest BCUT2D eigenvalue weighted by molar-refractivity contribution is 0.750. The summed E-state index contributed by atoms with van der Waals surface area (Å²) in [6, 6.07) is 3.87. The highest BCUT2D eigenvalue weighted by Crippen LogP contribution is 2.16. The summed E-state index contributed by atoms with van der Waals surface area (Å²) >= 11 is 3.20. The highest BCUT2D eigenvalue weighted by molar-refractivity contribution is 7.17. The van der Waals surface area contributed by atoms with E-state index in [-0.39, 0.29) is 5.56 Å². The van der Waals surface area contributed by atoms with E-state index in [4.69, 9.17) is 0 Å². The second kappa shape index (κ2) is 4.09. The van der Waals surface area contributed by atoms with E-state index >= 15 is 0 Å². The van der Waals surface area contributed by atoms with Gasteiger partial charge in [0.25, 0.3) is 5.56 Å². The normalized spacial score (nSPS) is 11.1. The number of pyridine rings is 1. The van der Waals surface area contributed by atoms with Crippen molar-refractivity contribution in [3.8, 4) is 0 Å². The lowest BCUT2D eigenvalue weighted by Gasteiger charge is -2.02. The van der Waals surface area contributed by atoms with Crippen LogP contribution in [0.15, 0.2) is 33.9 Å². The monoisotopic (exact) mass is 262 g/mol. The van der Waals surface area contributed by atoms with Crippen LogP contribution in [0.3, 0.4) is 0 Å². The average molecular weight is 262 g/mol. The Morgan fingerprint density at radius 1 is 1.35 bits per heavy atom. The molecule has 3 rings (SSSR count). The van der Waals surface area contributed by atoms with E-state index < -0.39 is 0 Å². The van der Waals surface area contributed by atoms with Crippen molar-refractivity contribution >= 4 is 32.8 Å². The first-order valence-electron chi connectivity index (χ1n) is 5.22. The molecule has 5 heteroatoms. The van der Waals surface area contributed by atoms with Crippen LogP contribution in [-0.2, 0) is 6.54 Å². The fourth-order valence-corrected chi connectivity index (χ4v) is 3.16. The Kier molecular flexibility index (Phi) is 2.57. The van der Waals surface area contributed by atoms with Gasteiger partial charge in [-0.15, -0.1) is 22.7 Å². The van der Waals surface area contributed by atoms with Crippen molar-refractivity contribution in [1.82, 2.24) is 9.55 Å². The third-order valence-corrected chi connectivity index (χ3v) is 4.30. The minimum atomic E-state index is 0.0643. The van der Waals surface area contributed by atoms with Gasteiger partial charge in [0.15, 0.2) is 0 Å². The first kappa shape index (κ1) is 10.7. The maximum atomic E-state index is 12.1. The Hall–Kier alpha value is -1.46. The smallest absolute Gasteiger partial charge is 0.259 e. The third-order valence-electron chi connectivity index (χ3n) is 2.59. The van der Waals surface area contributed by atoms with Gasteiger partial charge in [0, 0.05) is 16.3 Å². The second-order valence-electron chi connectivity index (χ2n) is 3.81. The Morgan fingerprint density at radius 2 is 2.24 bits per heavy atom. The summed E-state index contributed by atoms with van der Waals surface area (Å²) in [6.07, 6.45) is 1.84. The van der Waals surface area contributed by atoms with Crippen molar-refractivity contribution < 1.29 is 0 Å². The van der Waals surface area contributed by atoms with Gasteiger partial charge in [-0.1, -0.05) is 0 Å². The maximum Gasteiger partial charge on any atom is 0.259 e. The van der Waals surface area contributed by atoms with Gasteiger partial charge in [-0.25, -0.2) is 4.98 Å². The molecule has 0 spiro atoms. The summed E-state index contributed by atoms with van der Waals surface area (Å²) in [5.74, 6) is 0. The molecule has 3 aromatic rings. The molecule has 0 unspecified atom stereocenters. The average Bonchev–Trinajstić information content (AvgIpc) is 2.92. The molecular formula is C12H10N2OS2. The molecule has 0 saturated heterocycles. The number of hydrogen-bond donors (Lipinski definition) is 0. The summed E-state index contributed by atoms with van der Waals surface area (Å²) in [6.45, 7) is 2.52.